The van der Waals surface area contributed by atoms with Crippen molar-refractivity contribution in [3.63, 3.8) is 0 Å². The van der Waals surface area contributed by atoms with Crippen LogP contribution < -0.4 is 5.32 Å². The number of nitrogens with zero attached hydrogens (tertiary/aromatic N) is 3. The number of pyridine rings is 1. The Bertz CT molecular complexity index is 732. The Morgan fingerprint density at radius 3 is 2.90 bits per heavy atom. The van der Waals surface area contributed by atoms with E-state index in [0.29, 0.717) is 0 Å². The van der Waals surface area contributed by atoms with Crippen LogP contribution in [0.15, 0.2) is 48.8 Å². The maximum atomic E-state index is 4.43. The summed E-state index contributed by atoms with van der Waals surface area (Å²) < 4.78 is 2.08. The molecule has 1 aromatic carbocycles. The van der Waals surface area contributed by atoms with E-state index in [1.54, 1.807) is 0 Å². The normalized spacial score (nSPS) is 12.7. The van der Waals surface area contributed by atoms with Crippen LogP contribution in [0.3, 0.4) is 0 Å². The van der Waals surface area contributed by atoms with Crippen LogP contribution in [0.4, 0.5) is 0 Å². The predicted octanol–water partition coefficient (Wildman–Crippen LogP) is 3.15. The molecule has 1 atom stereocenters. The Balaban J connectivity index is 2.03. The molecule has 1 N–H and O–H groups in total. The molecular weight excluding hydrogens is 260 g/mol. The average Bonchev–Trinajstić information content (AvgIpc) is 2.97. The first-order valence-corrected chi connectivity index (χ1v) is 7.37. The van der Waals surface area contributed by atoms with Gasteiger partial charge in [-0.2, -0.15) is 5.10 Å². The highest BCUT2D eigenvalue weighted by atomic mass is 15.3. The summed E-state index contributed by atoms with van der Waals surface area (Å²) in [6, 6.07) is 12.7. The summed E-state index contributed by atoms with van der Waals surface area (Å²) in [5.41, 5.74) is 3.46. The number of hydrogen-bond donors (Lipinski definition) is 1. The number of rotatable bonds is 5. The van der Waals surface area contributed by atoms with Crippen LogP contribution in [0.1, 0.15) is 30.6 Å². The third-order valence-corrected chi connectivity index (χ3v) is 3.73. The van der Waals surface area contributed by atoms with Gasteiger partial charge in [-0.15, -0.1) is 0 Å². The Kier molecular flexibility index (Phi) is 3.97. The Morgan fingerprint density at radius 2 is 2.10 bits per heavy atom. The van der Waals surface area contributed by atoms with Crippen LogP contribution in [0.5, 0.6) is 0 Å². The molecule has 0 bridgehead atoms. The van der Waals surface area contributed by atoms with Crippen molar-refractivity contribution in [3.8, 4) is 0 Å². The maximum absolute atomic E-state index is 4.43. The monoisotopic (exact) mass is 280 g/mol. The van der Waals surface area contributed by atoms with Crippen molar-refractivity contribution in [2.45, 2.75) is 25.9 Å². The molecule has 1 unspecified atom stereocenters. The smallest absolute Gasteiger partial charge is 0.0746 e. The molecule has 0 saturated heterocycles. The highest BCUT2D eigenvalue weighted by molar-refractivity contribution is 5.79. The minimum Gasteiger partial charge on any atom is -0.308 e. The second-order valence-electron chi connectivity index (χ2n) is 5.16. The molecule has 0 amide bonds. The topological polar surface area (TPSA) is 42.7 Å². The molecule has 0 aliphatic rings. The summed E-state index contributed by atoms with van der Waals surface area (Å²) in [5, 5.41) is 8.99. The largest absolute Gasteiger partial charge is 0.308 e. The van der Waals surface area contributed by atoms with Gasteiger partial charge in [-0.3, -0.25) is 9.67 Å². The van der Waals surface area contributed by atoms with E-state index in [2.05, 4.69) is 57.3 Å². The molecule has 0 saturated carbocycles. The van der Waals surface area contributed by atoms with Crippen molar-refractivity contribution in [3.05, 3.63) is 60.0 Å². The second-order valence-corrected chi connectivity index (χ2v) is 5.16. The van der Waals surface area contributed by atoms with E-state index >= 15 is 0 Å². The number of nitrogens with one attached hydrogen (secondary N) is 1. The number of hydrogen-bond acceptors (Lipinski definition) is 3. The summed E-state index contributed by atoms with van der Waals surface area (Å²) in [5.74, 6) is 0. The average molecular weight is 280 g/mol. The van der Waals surface area contributed by atoms with E-state index in [4.69, 9.17) is 0 Å². The highest BCUT2D eigenvalue weighted by Crippen LogP contribution is 2.24. The Morgan fingerprint density at radius 1 is 1.19 bits per heavy atom. The van der Waals surface area contributed by atoms with E-state index in [0.717, 1.165) is 23.9 Å². The molecule has 0 fully saturated rings. The third kappa shape index (κ3) is 2.67. The minimum absolute atomic E-state index is 0.142. The van der Waals surface area contributed by atoms with Gasteiger partial charge in [0.15, 0.2) is 0 Å². The number of aromatic nitrogens is 3. The first-order valence-electron chi connectivity index (χ1n) is 7.37. The molecule has 4 nitrogen and oxygen atoms in total. The van der Waals surface area contributed by atoms with Crippen molar-refractivity contribution < 1.29 is 0 Å². The van der Waals surface area contributed by atoms with Crippen LogP contribution in [0, 0.1) is 0 Å². The fourth-order valence-corrected chi connectivity index (χ4v) is 2.75. The molecule has 0 aliphatic heterocycles. The van der Waals surface area contributed by atoms with Crippen LogP contribution in [-0.4, -0.2) is 21.8 Å². The van der Waals surface area contributed by atoms with Crippen molar-refractivity contribution in [2.75, 3.05) is 7.05 Å². The molecule has 4 heteroatoms. The third-order valence-electron chi connectivity index (χ3n) is 3.73. The summed E-state index contributed by atoms with van der Waals surface area (Å²) in [4.78, 5) is 4.38. The fourth-order valence-electron chi connectivity index (χ4n) is 2.75. The van der Waals surface area contributed by atoms with Gasteiger partial charge >= 0.3 is 0 Å². The predicted molar refractivity (Wildman–Crippen MR) is 85.2 cm³/mol. The van der Waals surface area contributed by atoms with Gasteiger partial charge in [-0.05, 0) is 43.3 Å². The van der Waals surface area contributed by atoms with Crippen molar-refractivity contribution in [2.24, 2.45) is 0 Å². The standard InChI is InChI=1S/C17H20N4/c1-3-11-21-16(8-10-20-21)17(18-2)14-6-7-15-13(12-14)5-4-9-19-15/h4-10,12,17-18H,3,11H2,1-2H3. The SMILES string of the molecule is CCCn1nccc1C(NC)c1ccc2ncccc2c1. The summed E-state index contributed by atoms with van der Waals surface area (Å²) >= 11 is 0. The first-order chi connectivity index (χ1) is 10.3. The molecule has 0 radical (unpaired) electrons. The van der Waals surface area contributed by atoms with E-state index in [1.807, 2.05) is 25.5 Å². The molecule has 21 heavy (non-hydrogen) atoms. The van der Waals surface area contributed by atoms with Gasteiger partial charge in [0, 0.05) is 24.3 Å². The van der Waals surface area contributed by atoms with Gasteiger partial charge in [-0.25, -0.2) is 0 Å². The molecule has 108 valence electrons. The molecule has 3 aromatic rings. The van der Waals surface area contributed by atoms with Crippen molar-refractivity contribution in [1.29, 1.82) is 0 Å². The van der Waals surface area contributed by atoms with E-state index in [1.165, 1.54) is 11.3 Å². The first kappa shape index (κ1) is 13.8. The van der Waals surface area contributed by atoms with Crippen molar-refractivity contribution >= 4 is 10.9 Å². The van der Waals surface area contributed by atoms with E-state index in [-0.39, 0.29) is 6.04 Å². The Labute approximate surface area is 124 Å². The molecule has 3 rings (SSSR count). The lowest BCUT2D eigenvalue weighted by Gasteiger charge is -2.19. The van der Waals surface area contributed by atoms with Gasteiger partial charge in [0.1, 0.15) is 0 Å². The molecule has 2 heterocycles. The van der Waals surface area contributed by atoms with Crippen molar-refractivity contribution in [1.82, 2.24) is 20.1 Å². The lowest BCUT2D eigenvalue weighted by atomic mass is 10.0. The molecule has 0 spiro atoms. The second kappa shape index (κ2) is 6.06. The zero-order chi connectivity index (χ0) is 14.7. The van der Waals surface area contributed by atoms with Gasteiger partial charge < -0.3 is 5.32 Å². The summed E-state index contributed by atoms with van der Waals surface area (Å²) in [7, 11) is 1.99. The zero-order valence-electron chi connectivity index (χ0n) is 12.5. The number of fused-ring (bicyclic) bond motifs is 1. The molecule has 2 aromatic heterocycles. The number of aryl methyl sites for hydroxylation is 1. The minimum atomic E-state index is 0.142. The quantitative estimate of drug-likeness (QED) is 0.780. The van der Waals surface area contributed by atoms with Gasteiger partial charge in [0.05, 0.1) is 17.3 Å². The summed E-state index contributed by atoms with van der Waals surface area (Å²) in [6.45, 7) is 3.11. The van der Waals surface area contributed by atoms with Crippen LogP contribution in [-0.2, 0) is 6.54 Å². The van der Waals surface area contributed by atoms with Crippen LogP contribution in [0.25, 0.3) is 10.9 Å². The lowest BCUT2D eigenvalue weighted by molar-refractivity contribution is 0.535. The van der Waals surface area contributed by atoms with Gasteiger partial charge in [0.2, 0.25) is 0 Å². The van der Waals surface area contributed by atoms with Crippen LogP contribution >= 0.6 is 0 Å². The summed E-state index contributed by atoms with van der Waals surface area (Å²) in [6.07, 6.45) is 4.78. The highest BCUT2D eigenvalue weighted by Gasteiger charge is 2.16. The lowest BCUT2D eigenvalue weighted by Crippen LogP contribution is -2.21. The molecular formula is C17H20N4. The van der Waals surface area contributed by atoms with Crippen LogP contribution in [0.2, 0.25) is 0 Å². The van der Waals surface area contributed by atoms with Gasteiger partial charge in [-0.1, -0.05) is 19.1 Å². The Hall–Kier alpha value is -2.20. The fraction of sp³-hybridized carbons (Fsp3) is 0.294. The van der Waals surface area contributed by atoms with E-state index < -0.39 is 0 Å². The number of benzene rings is 1. The van der Waals surface area contributed by atoms with E-state index in [9.17, 15) is 0 Å². The maximum Gasteiger partial charge on any atom is 0.0746 e. The molecule has 0 aliphatic carbocycles. The zero-order valence-corrected chi connectivity index (χ0v) is 12.5. The van der Waals surface area contributed by atoms with Gasteiger partial charge in [0.25, 0.3) is 0 Å².